The molecule has 0 atom stereocenters. The van der Waals surface area contributed by atoms with Crippen LogP contribution in [0, 0.1) is 5.92 Å². The summed E-state index contributed by atoms with van der Waals surface area (Å²) in [5, 5.41) is 12.4. The first-order valence-electron chi connectivity index (χ1n) is 7.71. The zero-order valence-corrected chi connectivity index (χ0v) is 13.4. The Labute approximate surface area is 138 Å². The number of benzene rings is 1. The highest BCUT2D eigenvalue weighted by Crippen LogP contribution is 2.33. The van der Waals surface area contributed by atoms with E-state index in [1.807, 2.05) is 0 Å². The molecule has 1 aliphatic heterocycles. The Bertz CT molecular complexity index is 570. The lowest BCUT2D eigenvalue weighted by atomic mass is 9.96. The van der Waals surface area contributed by atoms with Gasteiger partial charge in [-0.1, -0.05) is 6.07 Å². The summed E-state index contributed by atoms with van der Waals surface area (Å²) in [7, 11) is 1.44. The molecule has 0 radical (unpaired) electrons. The van der Waals surface area contributed by atoms with Gasteiger partial charge in [0, 0.05) is 6.54 Å². The predicted molar refractivity (Wildman–Crippen MR) is 81.7 cm³/mol. The summed E-state index contributed by atoms with van der Waals surface area (Å²) >= 11 is 0. The van der Waals surface area contributed by atoms with Gasteiger partial charge in [0.2, 0.25) is 5.91 Å². The van der Waals surface area contributed by atoms with Crippen molar-refractivity contribution in [2.75, 3.05) is 26.7 Å². The minimum absolute atomic E-state index is 0.0153. The highest BCUT2D eigenvalue weighted by molar-refractivity contribution is 5.78. The van der Waals surface area contributed by atoms with Crippen LogP contribution in [0.5, 0.6) is 11.5 Å². The van der Waals surface area contributed by atoms with E-state index < -0.39 is 12.1 Å². The lowest BCUT2D eigenvalue weighted by molar-refractivity contribution is -0.185. The molecule has 8 heteroatoms. The summed E-state index contributed by atoms with van der Waals surface area (Å²) < 4.78 is 42.7. The van der Waals surface area contributed by atoms with E-state index in [4.69, 9.17) is 4.74 Å². The SMILES string of the molecule is COc1ccc(CNC(=O)CN2CCC(C(F)(F)F)CC2)cc1O. The van der Waals surface area contributed by atoms with E-state index in [1.165, 1.54) is 13.2 Å². The van der Waals surface area contributed by atoms with Gasteiger partial charge >= 0.3 is 6.18 Å². The van der Waals surface area contributed by atoms with E-state index in [0.29, 0.717) is 11.3 Å². The van der Waals surface area contributed by atoms with E-state index in [9.17, 15) is 23.1 Å². The Kier molecular flexibility index (Phi) is 5.93. The van der Waals surface area contributed by atoms with Gasteiger partial charge in [0.25, 0.3) is 0 Å². The van der Waals surface area contributed by atoms with Crippen molar-refractivity contribution in [1.29, 1.82) is 0 Å². The molecule has 2 rings (SSSR count). The van der Waals surface area contributed by atoms with E-state index >= 15 is 0 Å². The fourth-order valence-electron chi connectivity index (χ4n) is 2.72. The summed E-state index contributed by atoms with van der Waals surface area (Å²) in [4.78, 5) is 13.6. The number of nitrogens with one attached hydrogen (secondary N) is 1. The van der Waals surface area contributed by atoms with Crippen LogP contribution in [0.2, 0.25) is 0 Å². The molecule has 0 bridgehead atoms. The maximum absolute atomic E-state index is 12.6. The summed E-state index contributed by atoms with van der Waals surface area (Å²) in [6.07, 6.45) is -4.09. The summed E-state index contributed by atoms with van der Waals surface area (Å²) in [6, 6.07) is 4.81. The fourth-order valence-corrected chi connectivity index (χ4v) is 2.72. The van der Waals surface area contributed by atoms with Crippen molar-refractivity contribution in [2.24, 2.45) is 5.92 Å². The summed E-state index contributed by atoms with van der Waals surface area (Å²) in [5.74, 6) is -1.19. The van der Waals surface area contributed by atoms with Crippen LogP contribution < -0.4 is 10.1 Å². The Morgan fingerprint density at radius 3 is 2.58 bits per heavy atom. The second-order valence-corrected chi connectivity index (χ2v) is 5.87. The minimum Gasteiger partial charge on any atom is -0.504 e. The van der Waals surface area contributed by atoms with Crippen LogP contribution in [0.4, 0.5) is 13.2 Å². The molecule has 1 aliphatic rings. The average molecular weight is 346 g/mol. The first-order valence-corrected chi connectivity index (χ1v) is 7.71. The number of phenols is 1. The number of ether oxygens (including phenoxy) is 1. The number of hydrogen-bond donors (Lipinski definition) is 2. The van der Waals surface area contributed by atoms with Crippen LogP contribution in [-0.2, 0) is 11.3 Å². The lowest BCUT2D eigenvalue weighted by Crippen LogP contribution is -2.43. The Hall–Kier alpha value is -1.96. The number of halogens is 3. The molecule has 1 saturated heterocycles. The van der Waals surface area contributed by atoms with Gasteiger partial charge in [-0.3, -0.25) is 9.69 Å². The molecule has 0 aliphatic carbocycles. The van der Waals surface area contributed by atoms with Crippen LogP contribution in [0.1, 0.15) is 18.4 Å². The Morgan fingerprint density at radius 1 is 1.38 bits per heavy atom. The van der Waals surface area contributed by atoms with Crippen LogP contribution in [0.3, 0.4) is 0 Å². The second kappa shape index (κ2) is 7.74. The molecular formula is C16H21F3N2O3. The Morgan fingerprint density at radius 2 is 2.04 bits per heavy atom. The third kappa shape index (κ3) is 5.02. The van der Waals surface area contributed by atoms with Gasteiger partial charge in [0.05, 0.1) is 19.6 Å². The van der Waals surface area contributed by atoms with Gasteiger partial charge in [0.1, 0.15) is 0 Å². The van der Waals surface area contributed by atoms with E-state index in [2.05, 4.69) is 5.32 Å². The molecule has 1 fully saturated rings. The fraction of sp³-hybridized carbons (Fsp3) is 0.562. The first-order chi connectivity index (χ1) is 11.3. The second-order valence-electron chi connectivity index (χ2n) is 5.87. The van der Waals surface area contributed by atoms with Gasteiger partial charge in [-0.05, 0) is 43.6 Å². The number of aromatic hydroxyl groups is 1. The number of alkyl halides is 3. The van der Waals surface area contributed by atoms with Gasteiger partial charge < -0.3 is 15.2 Å². The van der Waals surface area contributed by atoms with E-state index in [0.717, 1.165) is 0 Å². The molecule has 0 saturated carbocycles. The van der Waals surface area contributed by atoms with E-state index in [1.54, 1.807) is 17.0 Å². The number of phenolic OH excluding ortho intramolecular Hbond substituents is 1. The molecule has 1 heterocycles. The monoisotopic (exact) mass is 346 g/mol. The highest BCUT2D eigenvalue weighted by Gasteiger charge is 2.41. The quantitative estimate of drug-likeness (QED) is 0.859. The number of nitrogens with zero attached hydrogens (tertiary/aromatic N) is 1. The smallest absolute Gasteiger partial charge is 0.391 e. The van der Waals surface area contributed by atoms with Crippen LogP contribution in [0.25, 0.3) is 0 Å². The molecule has 5 nitrogen and oxygen atoms in total. The number of likely N-dealkylation sites (tertiary alicyclic amines) is 1. The van der Waals surface area contributed by atoms with Crippen molar-refractivity contribution in [1.82, 2.24) is 10.2 Å². The number of piperidine rings is 1. The van der Waals surface area contributed by atoms with Crippen molar-refractivity contribution < 1.29 is 27.8 Å². The zero-order chi connectivity index (χ0) is 17.7. The zero-order valence-electron chi connectivity index (χ0n) is 13.4. The molecule has 0 spiro atoms. The molecular weight excluding hydrogens is 325 g/mol. The first kappa shape index (κ1) is 18.4. The number of hydrogen-bond acceptors (Lipinski definition) is 4. The number of carbonyl (C=O) groups excluding carboxylic acids is 1. The third-order valence-electron chi connectivity index (χ3n) is 4.15. The maximum atomic E-state index is 12.6. The number of methoxy groups -OCH3 is 1. The van der Waals surface area contributed by atoms with Crippen LogP contribution in [-0.4, -0.2) is 48.8 Å². The minimum atomic E-state index is -4.15. The van der Waals surface area contributed by atoms with Gasteiger partial charge in [0.15, 0.2) is 11.5 Å². The van der Waals surface area contributed by atoms with Crippen molar-refractivity contribution in [3.63, 3.8) is 0 Å². The largest absolute Gasteiger partial charge is 0.504 e. The molecule has 2 N–H and O–H groups in total. The molecule has 24 heavy (non-hydrogen) atoms. The molecule has 0 unspecified atom stereocenters. The number of rotatable bonds is 5. The maximum Gasteiger partial charge on any atom is 0.391 e. The lowest BCUT2D eigenvalue weighted by Gasteiger charge is -2.32. The molecule has 134 valence electrons. The van der Waals surface area contributed by atoms with Crippen LogP contribution in [0.15, 0.2) is 18.2 Å². The van der Waals surface area contributed by atoms with Gasteiger partial charge in [-0.25, -0.2) is 0 Å². The molecule has 1 aromatic carbocycles. The van der Waals surface area contributed by atoms with Crippen molar-refractivity contribution in [3.8, 4) is 11.5 Å². The molecule has 1 amide bonds. The Balaban J connectivity index is 1.75. The van der Waals surface area contributed by atoms with Crippen molar-refractivity contribution in [3.05, 3.63) is 23.8 Å². The van der Waals surface area contributed by atoms with Gasteiger partial charge in [-0.2, -0.15) is 13.2 Å². The average Bonchev–Trinajstić information content (AvgIpc) is 2.53. The molecule has 1 aromatic rings. The van der Waals surface area contributed by atoms with Crippen LogP contribution >= 0.6 is 0 Å². The summed E-state index contributed by atoms with van der Waals surface area (Å²) in [6.45, 7) is 0.837. The standard InChI is InChI=1S/C16H21F3N2O3/c1-24-14-3-2-11(8-13(14)22)9-20-15(23)10-21-6-4-12(5-7-21)16(17,18)19/h2-3,8,12,22H,4-7,9-10H2,1H3,(H,20,23). The third-order valence-corrected chi connectivity index (χ3v) is 4.15. The van der Waals surface area contributed by atoms with E-state index in [-0.39, 0.29) is 50.7 Å². The number of amides is 1. The number of carbonyl (C=O) groups is 1. The van der Waals surface area contributed by atoms with Gasteiger partial charge in [-0.15, -0.1) is 0 Å². The topological polar surface area (TPSA) is 61.8 Å². The summed E-state index contributed by atoms with van der Waals surface area (Å²) in [5.41, 5.74) is 0.706. The normalized spacial score (nSPS) is 16.8. The van der Waals surface area contributed by atoms with Crippen molar-refractivity contribution in [2.45, 2.75) is 25.6 Å². The predicted octanol–water partition coefficient (Wildman–Crippen LogP) is 2.29. The van der Waals surface area contributed by atoms with Crippen molar-refractivity contribution >= 4 is 5.91 Å². The highest BCUT2D eigenvalue weighted by atomic mass is 19.4. The molecule has 0 aromatic heterocycles.